The number of carbonyl (C=O) groups is 3. The number of aromatic nitrogens is 3. The SMILES string of the molecule is O=C1NC(=O)/C(=C\c2ncnc(N3CC4(CN(C(=O)c5ccccc5)C4)C3)n2)S1. The molecule has 1 aromatic carbocycles. The average molecular weight is 408 g/mol. The number of rotatable bonds is 3. The van der Waals surface area contributed by atoms with E-state index in [0.29, 0.717) is 17.3 Å². The number of nitrogens with one attached hydrogen (secondary N) is 1. The predicted molar refractivity (Wildman–Crippen MR) is 106 cm³/mol. The minimum absolute atomic E-state index is 0.0608. The maximum atomic E-state index is 12.5. The topological polar surface area (TPSA) is 108 Å². The fourth-order valence-corrected chi connectivity index (χ4v) is 4.49. The van der Waals surface area contributed by atoms with Gasteiger partial charge in [-0.05, 0) is 23.9 Å². The van der Waals surface area contributed by atoms with Crippen molar-refractivity contribution in [2.75, 3.05) is 31.1 Å². The Bertz CT molecular complexity index is 1040. The van der Waals surface area contributed by atoms with Crippen molar-refractivity contribution in [2.24, 2.45) is 5.41 Å². The van der Waals surface area contributed by atoms with Crippen LogP contribution >= 0.6 is 11.8 Å². The Morgan fingerprint density at radius 1 is 1.10 bits per heavy atom. The number of nitrogens with zero attached hydrogens (tertiary/aromatic N) is 5. The quantitative estimate of drug-likeness (QED) is 0.754. The third-order valence-corrected chi connectivity index (χ3v) is 5.99. The fraction of sp³-hybridized carbons (Fsp3) is 0.263. The maximum Gasteiger partial charge on any atom is 0.290 e. The van der Waals surface area contributed by atoms with Crippen LogP contribution < -0.4 is 10.2 Å². The molecule has 3 saturated heterocycles. The lowest BCUT2D eigenvalue weighted by Gasteiger charge is -2.60. The number of hydrogen-bond acceptors (Lipinski definition) is 8. The molecule has 1 N–H and O–H groups in total. The molecule has 3 aliphatic heterocycles. The van der Waals surface area contributed by atoms with Gasteiger partial charge in [0.1, 0.15) is 6.33 Å². The van der Waals surface area contributed by atoms with Crippen molar-refractivity contribution < 1.29 is 14.4 Å². The first-order chi connectivity index (χ1) is 14.0. The van der Waals surface area contributed by atoms with Gasteiger partial charge in [0.15, 0.2) is 5.82 Å². The van der Waals surface area contributed by atoms with Crippen LogP contribution in [0.2, 0.25) is 0 Å². The van der Waals surface area contributed by atoms with E-state index in [0.717, 1.165) is 37.9 Å². The van der Waals surface area contributed by atoms with Crippen molar-refractivity contribution >= 4 is 40.8 Å². The van der Waals surface area contributed by atoms with Crippen LogP contribution in [0.15, 0.2) is 41.6 Å². The zero-order valence-corrected chi connectivity index (χ0v) is 16.1. The molecule has 9 nitrogen and oxygen atoms in total. The number of carbonyl (C=O) groups excluding carboxylic acids is 3. The summed E-state index contributed by atoms with van der Waals surface area (Å²) >= 11 is 0.826. The number of hydrogen-bond donors (Lipinski definition) is 1. The summed E-state index contributed by atoms with van der Waals surface area (Å²) in [5, 5.41) is 1.80. The van der Waals surface area contributed by atoms with E-state index >= 15 is 0 Å². The van der Waals surface area contributed by atoms with Crippen LogP contribution in [0.5, 0.6) is 0 Å². The summed E-state index contributed by atoms with van der Waals surface area (Å²) in [6, 6.07) is 9.29. The molecule has 1 spiro atoms. The van der Waals surface area contributed by atoms with Gasteiger partial charge in [0.05, 0.1) is 4.91 Å². The Hall–Kier alpha value is -3.27. The first-order valence-electron chi connectivity index (χ1n) is 9.05. The summed E-state index contributed by atoms with van der Waals surface area (Å²) in [4.78, 5) is 52.2. The highest BCUT2D eigenvalue weighted by atomic mass is 32.2. The van der Waals surface area contributed by atoms with Crippen molar-refractivity contribution in [3.8, 4) is 0 Å². The van der Waals surface area contributed by atoms with E-state index in [-0.39, 0.29) is 16.2 Å². The van der Waals surface area contributed by atoms with Gasteiger partial charge in [-0.15, -0.1) is 0 Å². The lowest BCUT2D eigenvalue weighted by molar-refractivity contribution is -0.115. The third-order valence-electron chi connectivity index (χ3n) is 5.18. The highest BCUT2D eigenvalue weighted by Crippen LogP contribution is 2.41. The normalized spacial score (nSPS) is 21.2. The summed E-state index contributed by atoms with van der Waals surface area (Å²) in [6.07, 6.45) is 2.88. The Morgan fingerprint density at radius 2 is 1.86 bits per heavy atom. The van der Waals surface area contributed by atoms with Crippen LogP contribution in [0, 0.1) is 5.41 Å². The van der Waals surface area contributed by atoms with Gasteiger partial charge in [-0.2, -0.15) is 4.98 Å². The summed E-state index contributed by atoms with van der Waals surface area (Å²) in [6.45, 7) is 2.97. The van der Waals surface area contributed by atoms with Crippen LogP contribution in [-0.4, -0.2) is 63.1 Å². The Balaban J connectivity index is 1.21. The minimum atomic E-state index is -0.442. The lowest BCUT2D eigenvalue weighted by atomic mass is 9.73. The van der Waals surface area contributed by atoms with E-state index in [1.54, 1.807) is 0 Å². The Labute approximate surface area is 170 Å². The maximum absolute atomic E-state index is 12.5. The molecule has 0 saturated carbocycles. The average Bonchev–Trinajstić information content (AvgIpc) is 2.97. The Kier molecular flexibility index (Phi) is 4.09. The van der Waals surface area contributed by atoms with Gasteiger partial charge in [-0.3, -0.25) is 19.7 Å². The number of thioether (sulfide) groups is 1. The van der Waals surface area contributed by atoms with E-state index in [9.17, 15) is 14.4 Å². The number of anilines is 1. The van der Waals surface area contributed by atoms with Crippen molar-refractivity contribution in [1.82, 2.24) is 25.2 Å². The molecular weight excluding hydrogens is 392 g/mol. The molecule has 0 atom stereocenters. The van der Waals surface area contributed by atoms with Gasteiger partial charge in [-0.25, -0.2) is 9.97 Å². The molecule has 29 heavy (non-hydrogen) atoms. The molecule has 1 aromatic heterocycles. The zero-order valence-electron chi connectivity index (χ0n) is 15.2. The minimum Gasteiger partial charge on any atom is -0.339 e. The second-order valence-electron chi connectivity index (χ2n) is 7.38. The van der Waals surface area contributed by atoms with Gasteiger partial charge in [0, 0.05) is 43.2 Å². The predicted octanol–water partition coefficient (Wildman–Crippen LogP) is 1.16. The molecule has 10 heteroatoms. The molecule has 146 valence electrons. The van der Waals surface area contributed by atoms with Gasteiger partial charge >= 0.3 is 0 Å². The highest BCUT2D eigenvalue weighted by Gasteiger charge is 2.54. The number of benzene rings is 1. The molecule has 3 amide bonds. The first kappa shape index (κ1) is 17.8. The van der Waals surface area contributed by atoms with Crippen LogP contribution in [0.25, 0.3) is 6.08 Å². The molecular formula is C19H16N6O3S. The molecule has 0 bridgehead atoms. The van der Waals surface area contributed by atoms with Gasteiger partial charge in [0.25, 0.3) is 17.1 Å². The van der Waals surface area contributed by atoms with Crippen molar-refractivity contribution in [2.45, 2.75) is 0 Å². The highest BCUT2D eigenvalue weighted by molar-refractivity contribution is 8.18. The number of imide groups is 1. The molecule has 0 unspecified atom stereocenters. The van der Waals surface area contributed by atoms with Gasteiger partial charge in [-0.1, -0.05) is 18.2 Å². The van der Waals surface area contributed by atoms with Crippen molar-refractivity contribution in [3.63, 3.8) is 0 Å². The molecule has 2 aromatic rings. The molecule has 3 fully saturated rings. The fourth-order valence-electron chi connectivity index (χ4n) is 3.84. The molecule has 0 aliphatic carbocycles. The first-order valence-corrected chi connectivity index (χ1v) is 9.86. The van der Waals surface area contributed by atoms with Crippen LogP contribution in [0.1, 0.15) is 16.2 Å². The molecule has 5 rings (SSSR count). The van der Waals surface area contributed by atoms with Crippen molar-refractivity contribution in [3.05, 3.63) is 53.0 Å². The summed E-state index contributed by atoms with van der Waals surface area (Å²) < 4.78 is 0. The summed E-state index contributed by atoms with van der Waals surface area (Å²) in [5.74, 6) is 0.478. The summed E-state index contributed by atoms with van der Waals surface area (Å²) in [5.41, 5.74) is 0.796. The van der Waals surface area contributed by atoms with E-state index in [2.05, 4.69) is 20.3 Å². The second kappa shape index (κ2) is 6.66. The van der Waals surface area contributed by atoms with E-state index in [1.165, 1.54) is 12.4 Å². The molecule has 4 heterocycles. The monoisotopic (exact) mass is 408 g/mol. The number of amides is 3. The largest absolute Gasteiger partial charge is 0.339 e. The van der Waals surface area contributed by atoms with Crippen LogP contribution in [0.3, 0.4) is 0 Å². The Morgan fingerprint density at radius 3 is 2.55 bits per heavy atom. The molecule has 0 radical (unpaired) electrons. The molecule has 3 aliphatic rings. The van der Waals surface area contributed by atoms with E-state index < -0.39 is 11.1 Å². The number of likely N-dealkylation sites (tertiary alicyclic amines) is 1. The smallest absolute Gasteiger partial charge is 0.290 e. The van der Waals surface area contributed by atoms with Gasteiger partial charge in [0.2, 0.25) is 5.95 Å². The standard InChI is InChI=1S/C19H16N6O3S/c26-15-13(29-18(28)23-15)6-14-20-11-21-17(22-14)25-9-19(10-25)7-24(8-19)16(27)12-4-2-1-3-5-12/h1-6,11H,7-10H2,(H,23,26,28)/b13-6+. The third kappa shape index (κ3) is 3.25. The lowest BCUT2D eigenvalue weighted by Crippen LogP contribution is -2.73. The second-order valence-corrected chi connectivity index (χ2v) is 8.39. The van der Waals surface area contributed by atoms with Crippen molar-refractivity contribution in [1.29, 1.82) is 0 Å². The summed E-state index contributed by atoms with van der Waals surface area (Å²) in [7, 11) is 0. The zero-order chi connectivity index (χ0) is 20.0. The van der Waals surface area contributed by atoms with E-state index in [4.69, 9.17) is 0 Å². The van der Waals surface area contributed by atoms with E-state index in [1.807, 2.05) is 40.1 Å². The van der Waals surface area contributed by atoms with Crippen LogP contribution in [0.4, 0.5) is 10.7 Å². The van der Waals surface area contributed by atoms with Gasteiger partial charge < -0.3 is 9.80 Å². The van der Waals surface area contributed by atoms with Crippen LogP contribution in [-0.2, 0) is 4.79 Å².